The van der Waals surface area contributed by atoms with Crippen LogP contribution in [0.3, 0.4) is 0 Å². The predicted molar refractivity (Wildman–Crippen MR) is 92.8 cm³/mol. The van der Waals surface area contributed by atoms with Crippen LogP contribution in [0, 0.1) is 5.92 Å². The van der Waals surface area contributed by atoms with Crippen molar-refractivity contribution in [2.75, 3.05) is 5.75 Å². The van der Waals surface area contributed by atoms with E-state index in [4.69, 9.17) is 0 Å². The Morgan fingerprint density at radius 1 is 1.29 bits per heavy atom. The number of nitrogens with one attached hydrogen (secondary N) is 1. The summed E-state index contributed by atoms with van der Waals surface area (Å²) in [5.74, 6) is 1.13. The van der Waals surface area contributed by atoms with Crippen molar-refractivity contribution >= 4 is 10.0 Å². The van der Waals surface area contributed by atoms with Crippen LogP contribution in [-0.4, -0.2) is 41.0 Å². The zero-order valence-electron chi connectivity index (χ0n) is 13.7. The first-order valence-electron chi connectivity index (χ1n) is 8.23. The number of hydrogen-bond acceptors (Lipinski definition) is 4. The Kier molecular flexibility index (Phi) is 5.03. The van der Waals surface area contributed by atoms with E-state index in [1.807, 2.05) is 36.5 Å². The summed E-state index contributed by atoms with van der Waals surface area (Å²) in [7, 11) is -3.30. The molecular weight excluding hydrogens is 326 g/mol. The van der Waals surface area contributed by atoms with Crippen LogP contribution in [0.5, 0.6) is 0 Å². The van der Waals surface area contributed by atoms with Crippen LogP contribution in [0.25, 0.3) is 11.4 Å². The van der Waals surface area contributed by atoms with E-state index in [2.05, 4.69) is 14.3 Å². The maximum Gasteiger partial charge on any atom is 0.211 e. The van der Waals surface area contributed by atoms with Gasteiger partial charge in [0.1, 0.15) is 5.82 Å². The summed E-state index contributed by atoms with van der Waals surface area (Å²) in [6, 6.07) is 9.55. The van der Waals surface area contributed by atoms with Gasteiger partial charge < -0.3 is 9.67 Å². The summed E-state index contributed by atoms with van der Waals surface area (Å²) in [6.07, 6.45) is 4.28. The molecule has 0 amide bonds. The summed E-state index contributed by atoms with van der Waals surface area (Å²) in [5, 5.41) is 10.2. The minimum absolute atomic E-state index is 0.0283. The molecule has 3 rings (SSSR count). The molecular formula is C17H23N3O3S. The van der Waals surface area contributed by atoms with Crippen molar-refractivity contribution in [1.82, 2.24) is 14.3 Å². The highest BCUT2D eigenvalue weighted by atomic mass is 32.2. The molecule has 2 aromatic rings. The first-order chi connectivity index (χ1) is 11.5. The normalized spacial score (nSPS) is 24.3. The zero-order chi connectivity index (χ0) is 17.2. The second-order valence-corrected chi connectivity index (χ2v) is 8.34. The van der Waals surface area contributed by atoms with Gasteiger partial charge in [0.05, 0.1) is 11.9 Å². The van der Waals surface area contributed by atoms with Gasteiger partial charge in [-0.15, -0.1) is 0 Å². The van der Waals surface area contributed by atoms with E-state index in [0.717, 1.165) is 11.4 Å². The summed E-state index contributed by atoms with van der Waals surface area (Å²) in [4.78, 5) is 4.43. The fourth-order valence-electron chi connectivity index (χ4n) is 3.29. The van der Waals surface area contributed by atoms with Gasteiger partial charge >= 0.3 is 0 Å². The lowest BCUT2D eigenvalue weighted by molar-refractivity contribution is 0.155. The third-order valence-corrected chi connectivity index (χ3v) is 5.96. The molecule has 1 aromatic carbocycles. The summed E-state index contributed by atoms with van der Waals surface area (Å²) < 4.78 is 28.1. The molecule has 0 bridgehead atoms. The van der Waals surface area contributed by atoms with E-state index < -0.39 is 22.2 Å². The Balaban J connectivity index is 1.69. The SMILES string of the molecule is CCS(=O)(=O)N[C@@H]1CC(Cn2ccnc2-c2ccccc2)C[C@H]1O. The average molecular weight is 349 g/mol. The number of aliphatic hydroxyl groups is 1. The van der Waals surface area contributed by atoms with Crippen molar-refractivity contribution in [3.63, 3.8) is 0 Å². The molecule has 1 aromatic heterocycles. The van der Waals surface area contributed by atoms with Crippen molar-refractivity contribution < 1.29 is 13.5 Å². The molecule has 130 valence electrons. The molecule has 2 N–H and O–H groups in total. The van der Waals surface area contributed by atoms with E-state index in [1.54, 1.807) is 13.1 Å². The number of sulfonamides is 1. The molecule has 6 nitrogen and oxygen atoms in total. The van der Waals surface area contributed by atoms with Crippen LogP contribution < -0.4 is 4.72 Å². The standard InChI is InChI=1S/C17H23N3O3S/c1-2-24(22,23)19-15-10-13(11-16(15)21)12-20-9-8-18-17(20)14-6-4-3-5-7-14/h3-9,13,15-16,19,21H,2,10-12H2,1H3/t13?,15-,16-/m1/s1. The quantitative estimate of drug-likeness (QED) is 0.830. The Hall–Kier alpha value is -1.70. The van der Waals surface area contributed by atoms with E-state index in [9.17, 15) is 13.5 Å². The van der Waals surface area contributed by atoms with Crippen LogP contribution in [0.15, 0.2) is 42.7 Å². The Morgan fingerprint density at radius 2 is 2.04 bits per heavy atom. The first kappa shape index (κ1) is 17.1. The minimum Gasteiger partial charge on any atom is -0.391 e. The molecule has 1 unspecified atom stereocenters. The molecule has 24 heavy (non-hydrogen) atoms. The van der Waals surface area contributed by atoms with Crippen LogP contribution in [0.2, 0.25) is 0 Å². The van der Waals surface area contributed by atoms with Gasteiger partial charge in [-0.3, -0.25) is 0 Å². The number of aliphatic hydroxyl groups excluding tert-OH is 1. The Morgan fingerprint density at radius 3 is 2.75 bits per heavy atom. The second kappa shape index (κ2) is 7.04. The Bertz CT molecular complexity index is 773. The number of nitrogens with zero attached hydrogens (tertiary/aromatic N) is 2. The lowest BCUT2D eigenvalue weighted by atomic mass is 10.1. The minimum atomic E-state index is -3.30. The van der Waals surface area contributed by atoms with E-state index >= 15 is 0 Å². The van der Waals surface area contributed by atoms with E-state index in [-0.39, 0.29) is 11.7 Å². The fourth-order valence-corrected chi connectivity index (χ4v) is 4.17. The number of benzene rings is 1. The lowest BCUT2D eigenvalue weighted by Crippen LogP contribution is -2.40. The maximum atomic E-state index is 11.7. The fraction of sp³-hybridized carbons (Fsp3) is 0.471. The molecule has 0 radical (unpaired) electrons. The number of rotatable bonds is 6. The molecule has 0 aliphatic heterocycles. The van der Waals surface area contributed by atoms with Gasteiger partial charge in [0, 0.05) is 30.5 Å². The van der Waals surface area contributed by atoms with Crippen LogP contribution in [0.4, 0.5) is 0 Å². The molecule has 3 atom stereocenters. The highest BCUT2D eigenvalue weighted by molar-refractivity contribution is 7.89. The van der Waals surface area contributed by atoms with E-state index in [0.29, 0.717) is 19.4 Å². The highest BCUT2D eigenvalue weighted by Crippen LogP contribution is 2.29. The molecule has 0 spiro atoms. The molecule has 1 heterocycles. The number of imidazole rings is 1. The smallest absolute Gasteiger partial charge is 0.211 e. The topological polar surface area (TPSA) is 84.2 Å². The monoisotopic (exact) mass is 349 g/mol. The van der Waals surface area contributed by atoms with Gasteiger partial charge in [0.2, 0.25) is 10.0 Å². The largest absolute Gasteiger partial charge is 0.391 e. The van der Waals surface area contributed by atoms with Gasteiger partial charge in [-0.1, -0.05) is 30.3 Å². The third-order valence-electron chi connectivity index (χ3n) is 4.54. The molecule has 1 saturated carbocycles. The van der Waals surface area contributed by atoms with Crippen molar-refractivity contribution in [3.05, 3.63) is 42.7 Å². The van der Waals surface area contributed by atoms with Gasteiger partial charge in [0.25, 0.3) is 0 Å². The summed E-state index contributed by atoms with van der Waals surface area (Å²) in [6.45, 7) is 2.31. The van der Waals surface area contributed by atoms with Crippen molar-refractivity contribution in [3.8, 4) is 11.4 Å². The van der Waals surface area contributed by atoms with Gasteiger partial charge in [0.15, 0.2) is 0 Å². The summed E-state index contributed by atoms with van der Waals surface area (Å²) in [5.41, 5.74) is 1.05. The van der Waals surface area contributed by atoms with Crippen molar-refractivity contribution in [2.24, 2.45) is 5.92 Å². The predicted octanol–water partition coefficient (Wildman–Crippen LogP) is 1.63. The molecule has 7 heteroatoms. The highest BCUT2D eigenvalue weighted by Gasteiger charge is 2.35. The Labute approximate surface area is 142 Å². The van der Waals surface area contributed by atoms with Crippen molar-refractivity contribution in [2.45, 2.75) is 38.5 Å². The maximum absolute atomic E-state index is 11.7. The summed E-state index contributed by atoms with van der Waals surface area (Å²) >= 11 is 0. The molecule has 1 fully saturated rings. The molecule has 0 saturated heterocycles. The lowest BCUT2D eigenvalue weighted by Gasteiger charge is -2.16. The first-order valence-corrected chi connectivity index (χ1v) is 9.88. The molecule has 1 aliphatic carbocycles. The van der Waals surface area contributed by atoms with E-state index in [1.165, 1.54) is 0 Å². The zero-order valence-corrected chi connectivity index (χ0v) is 14.5. The van der Waals surface area contributed by atoms with Crippen molar-refractivity contribution in [1.29, 1.82) is 0 Å². The van der Waals surface area contributed by atoms with Crippen LogP contribution in [0.1, 0.15) is 19.8 Å². The van der Waals surface area contributed by atoms with Crippen LogP contribution >= 0.6 is 0 Å². The van der Waals surface area contributed by atoms with Gasteiger partial charge in [-0.05, 0) is 25.7 Å². The van der Waals surface area contributed by atoms with Gasteiger partial charge in [-0.2, -0.15) is 0 Å². The van der Waals surface area contributed by atoms with Crippen LogP contribution in [-0.2, 0) is 16.6 Å². The number of hydrogen-bond donors (Lipinski definition) is 2. The third kappa shape index (κ3) is 3.85. The second-order valence-electron chi connectivity index (χ2n) is 6.30. The average Bonchev–Trinajstić information content (AvgIpc) is 3.15. The number of aromatic nitrogens is 2. The van der Waals surface area contributed by atoms with Gasteiger partial charge in [-0.25, -0.2) is 18.1 Å². The molecule has 1 aliphatic rings.